The maximum Gasteiger partial charge on any atom is 0.508 e. The number of nitrogens with zero attached hydrogens (tertiary/aromatic N) is 2. The molecule has 0 atom stereocenters. The monoisotopic (exact) mass is 154 g/mol. The van der Waals surface area contributed by atoms with Crippen LogP contribution in [0, 0.1) is 0 Å². The lowest BCUT2D eigenvalue weighted by molar-refractivity contribution is 0.424. The number of aromatic nitrogens is 2. The van der Waals surface area contributed by atoms with E-state index in [-0.39, 0.29) is 11.2 Å². The van der Waals surface area contributed by atoms with E-state index in [0.29, 0.717) is 0 Å². The summed E-state index contributed by atoms with van der Waals surface area (Å²) < 4.78 is 1.24. The summed E-state index contributed by atoms with van der Waals surface area (Å²) in [6.07, 6.45) is 1.23. The first-order valence-corrected chi connectivity index (χ1v) is 3.00. The summed E-state index contributed by atoms with van der Waals surface area (Å²) in [7, 11) is -0.146. The maximum absolute atomic E-state index is 10.8. The summed E-state index contributed by atoms with van der Waals surface area (Å²) in [5, 5.41) is 17.2. The van der Waals surface area contributed by atoms with Gasteiger partial charge in [0.05, 0.1) is 11.9 Å². The van der Waals surface area contributed by atoms with E-state index in [2.05, 4.69) is 4.98 Å². The van der Waals surface area contributed by atoms with Crippen LogP contribution in [0.2, 0.25) is 0 Å². The second-order valence-electron chi connectivity index (χ2n) is 2.14. The molecule has 6 heteroatoms. The van der Waals surface area contributed by atoms with Crippen LogP contribution in [0.3, 0.4) is 0 Å². The van der Waals surface area contributed by atoms with Gasteiger partial charge in [0.2, 0.25) is 0 Å². The van der Waals surface area contributed by atoms with E-state index in [1.807, 2.05) is 0 Å². The second-order valence-corrected chi connectivity index (χ2v) is 2.14. The van der Waals surface area contributed by atoms with Gasteiger partial charge >= 0.3 is 7.12 Å². The van der Waals surface area contributed by atoms with Crippen molar-refractivity contribution in [2.75, 3.05) is 0 Å². The minimum atomic E-state index is -1.68. The molecular weight excluding hydrogens is 147 g/mol. The van der Waals surface area contributed by atoms with Crippen LogP contribution in [0.1, 0.15) is 0 Å². The van der Waals surface area contributed by atoms with Gasteiger partial charge in [-0.2, -0.15) is 0 Å². The average molecular weight is 154 g/mol. The lowest BCUT2D eigenvalue weighted by atomic mass is 9.86. The molecule has 11 heavy (non-hydrogen) atoms. The summed E-state index contributed by atoms with van der Waals surface area (Å²) in [5.41, 5.74) is -0.351. The third-order valence-corrected chi connectivity index (χ3v) is 1.26. The lowest BCUT2D eigenvalue weighted by Crippen LogP contribution is -2.37. The van der Waals surface area contributed by atoms with Crippen molar-refractivity contribution in [2.24, 2.45) is 7.05 Å². The zero-order chi connectivity index (χ0) is 8.43. The third-order valence-electron chi connectivity index (χ3n) is 1.26. The predicted octanol–water partition coefficient (Wildman–Crippen LogP) is -2.54. The van der Waals surface area contributed by atoms with Gasteiger partial charge in [-0.15, -0.1) is 0 Å². The predicted molar refractivity (Wildman–Crippen MR) is 39.3 cm³/mol. The zero-order valence-corrected chi connectivity index (χ0v) is 5.93. The van der Waals surface area contributed by atoms with Crippen LogP contribution in [0.15, 0.2) is 17.2 Å². The summed E-state index contributed by atoms with van der Waals surface area (Å²) in [6.45, 7) is 0. The molecule has 0 bridgehead atoms. The van der Waals surface area contributed by atoms with Crippen LogP contribution in [0.25, 0.3) is 0 Å². The van der Waals surface area contributed by atoms with Crippen LogP contribution in [-0.2, 0) is 7.05 Å². The molecule has 1 aromatic rings. The van der Waals surface area contributed by atoms with E-state index < -0.39 is 7.12 Å². The Morgan fingerprint density at radius 2 is 2.27 bits per heavy atom. The fraction of sp³-hybridized carbons (Fsp3) is 0.200. The van der Waals surface area contributed by atoms with Crippen LogP contribution < -0.4 is 11.2 Å². The minimum Gasteiger partial charge on any atom is -0.422 e. The van der Waals surface area contributed by atoms with E-state index in [1.54, 1.807) is 0 Å². The van der Waals surface area contributed by atoms with Crippen molar-refractivity contribution in [3.63, 3.8) is 0 Å². The Balaban J connectivity index is 3.16. The van der Waals surface area contributed by atoms with Gasteiger partial charge in [-0.3, -0.25) is 4.79 Å². The molecule has 0 aromatic carbocycles. The zero-order valence-electron chi connectivity index (χ0n) is 5.93. The van der Waals surface area contributed by atoms with Gasteiger partial charge in [-0.05, 0) is 0 Å². The Hall–Kier alpha value is -1.14. The van der Waals surface area contributed by atoms with Crippen molar-refractivity contribution in [3.8, 4) is 0 Å². The summed E-state index contributed by atoms with van der Waals surface area (Å²) in [4.78, 5) is 14.4. The highest BCUT2D eigenvalue weighted by Gasteiger charge is 2.12. The molecule has 0 spiro atoms. The molecule has 0 saturated heterocycles. The Morgan fingerprint density at radius 3 is 2.73 bits per heavy atom. The largest absolute Gasteiger partial charge is 0.508 e. The molecule has 1 rings (SSSR count). The van der Waals surface area contributed by atoms with Crippen LogP contribution in [0.4, 0.5) is 0 Å². The van der Waals surface area contributed by atoms with Gasteiger partial charge in [-0.1, -0.05) is 0 Å². The Kier molecular flexibility index (Phi) is 2.07. The van der Waals surface area contributed by atoms with Crippen molar-refractivity contribution >= 4 is 12.7 Å². The van der Waals surface area contributed by atoms with E-state index in [0.717, 1.165) is 6.07 Å². The fourth-order valence-electron chi connectivity index (χ4n) is 0.617. The third kappa shape index (κ3) is 1.66. The highest BCUT2D eigenvalue weighted by atomic mass is 16.4. The molecule has 58 valence electrons. The molecule has 1 aromatic heterocycles. The average Bonchev–Trinajstić information content (AvgIpc) is 1.94. The van der Waals surface area contributed by atoms with Gasteiger partial charge < -0.3 is 14.6 Å². The maximum atomic E-state index is 10.8. The molecular formula is C5H7BN2O3. The highest BCUT2D eigenvalue weighted by Crippen LogP contribution is 1.70. The van der Waals surface area contributed by atoms with Crippen LogP contribution in [-0.4, -0.2) is 26.7 Å². The summed E-state index contributed by atoms with van der Waals surface area (Å²) in [5.74, 6) is 0. The quantitative estimate of drug-likeness (QED) is 0.437. The van der Waals surface area contributed by atoms with Gasteiger partial charge in [0.15, 0.2) is 0 Å². The lowest BCUT2D eigenvalue weighted by Gasteiger charge is -1.98. The molecule has 5 nitrogen and oxygen atoms in total. The summed E-state index contributed by atoms with van der Waals surface area (Å²) >= 11 is 0. The molecule has 1 heterocycles. The first kappa shape index (κ1) is 7.97. The number of hydrogen-bond acceptors (Lipinski definition) is 4. The van der Waals surface area contributed by atoms with Crippen molar-refractivity contribution in [1.29, 1.82) is 0 Å². The fourth-order valence-corrected chi connectivity index (χ4v) is 0.617. The normalized spacial score (nSPS) is 9.73. The standard InChI is InChI=1S/C5H7BN2O3/c1-8-3-7-4(6(10)11)2-5(8)9/h2-3,10-11H,1H3. The molecule has 0 aliphatic heterocycles. The number of rotatable bonds is 1. The van der Waals surface area contributed by atoms with Crippen molar-refractivity contribution in [1.82, 2.24) is 9.55 Å². The van der Waals surface area contributed by atoms with Gasteiger partial charge in [0.25, 0.3) is 5.56 Å². The van der Waals surface area contributed by atoms with Crippen molar-refractivity contribution < 1.29 is 10.0 Å². The molecule has 0 saturated carbocycles. The number of aryl methyl sites for hydroxylation is 1. The topological polar surface area (TPSA) is 75.3 Å². The first-order valence-electron chi connectivity index (χ1n) is 3.00. The van der Waals surface area contributed by atoms with Crippen LogP contribution in [0.5, 0.6) is 0 Å². The molecule has 0 unspecified atom stereocenters. The van der Waals surface area contributed by atoms with E-state index in [1.165, 1.54) is 17.9 Å². The van der Waals surface area contributed by atoms with Crippen molar-refractivity contribution in [2.45, 2.75) is 0 Å². The summed E-state index contributed by atoms with van der Waals surface area (Å²) in [6, 6.07) is 1.07. The molecule has 0 fully saturated rings. The van der Waals surface area contributed by atoms with E-state index >= 15 is 0 Å². The minimum absolute atomic E-state index is 0.0342. The molecule has 2 N–H and O–H groups in total. The molecule has 0 radical (unpaired) electrons. The van der Waals surface area contributed by atoms with Crippen LogP contribution >= 0.6 is 0 Å². The second kappa shape index (κ2) is 2.85. The molecule has 0 aliphatic carbocycles. The molecule has 0 amide bonds. The Labute approximate surface area is 63.1 Å². The first-order chi connectivity index (χ1) is 5.11. The van der Waals surface area contributed by atoms with E-state index in [4.69, 9.17) is 10.0 Å². The highest BCUT2D eigenvalue weighted by molar-refractivity contribution is 6.57. The number of hydrogen-bond donors (Lipinski definition) is 2. The Morgan fingerprint density at radius 1 is 1.64 bits per heavy atom. The molecule has 0 aliphatic rings. The van der Waals surface area contributed by atoms with E-state index in [9.17, 15) is 4.79 Å². The SMILES string of the molecule is Cn1cnc(B(O)O)cc1=O. The smallest absolute Gasteiger partial charge is 0.422 e. The van der Waals surface area contributed by atoms with Gasteiger partial charge in [0.1, 0.15) is 0 Å². The van der Waals surface area contributed by atoms with Gasteiger partial charge in [0, 0.05) is 13.1 Å². The van der Waals surface area contributed by atoms with Crippen molar-refractivity contribution in [3.05, 3.63) is 22.7 Å². The Bertz CT molecular complexity index is 309. The van der Waals surface area contributed by atoms with Gasteiger partial charge in [-0.25, -0.2) is 4.98 Å².